The van der Waals surface area contributed by atoms with Crippen LogP contribution in [-0.4, -0.2) is 21.5 Å². The molecule has 22 heavy (non-hydrogen) atoms. The van der Waals surface area contributed by atoms with E-state index in [2.05, 4.69) is 38.1 Å². The third kappa shape index (κ3) is 3.90. The summed E-state index contributed by atoms with van der Waals surface area (Å²) >= 11 is 4.50. The average Bonchev–Trinajstić information content (AvgIpc) is 2.93. The second kappa shape index (κ2) is 7.42. The minimum atomic E-state index is -3.44. The van der Waals surface area contributed by atoms with E-state index in [0.717, 1.165) is 16.8 Å². The van der Waals surface area contributed by atoms with Crippen LogP contribution in [0.4, 0.5) is 0 Å². The maximum absolute atomic E-state index is 12.3. The monoisotopic (exact) mass is 422 g/mol. The van der Waals surface area contributed by atoms with Crippen LogP contribution in [0.3, 0.4) is 0 Å². The molecule has 120 valence electrons. The van der Waals surface area contributed by atoms with Crippen LogP contribution in [0.5, 0.6) is 0 Å². The smallest absolute Gasteiger partial charge is 0.250 e. The lowest BCUT2D eigenvalue weighted by atomic mass is 9.95. The van der Waals surface area contributed by atoms with Gasteiger partial charge in [0.25, 0.3) is 0 Å². The third-order valence-electron chi connectivity index (χ3n) is 3.51. The molecule has 1 aromatic carbocycles. The van der Waals surface area contributed by atoms with E-state index in [9.17, 15) is 8.42 Å². The van der Waals surface area contributed by atoms with Crippen molar-refractivity contribution in [3.05, 3.63) is 51.3 Å². The van der Waals surface area contributed by atoms with Crippen molar-refractivity contribution in [1.82, 2.24) is 10.0 Å². The molecule has 0 saturated carbocycles. The Kier molecular flexibility index (Phi) is 6.04. The fourth-order valence-electron chi connectivity index (χ4n) is 2.48. The number of rotatable bonds is 4. The van der Waals surface area contributed by atoms with Gasteiger partial charge in [0.1, 0.15) is 4.21 Å². The van der Waals surface area contributed by atoms with E-state index in [1.165, 1.54) is 22.5 Å². The first-order valence-electron chi connectivity index (χ1n) is 6.62. The number of thiophene rings is 1. The molecule has 1 aliphatic heterocycles. The summed E-state index contributed by atoms with van der Waals surface area (Å²) in [6, 6.07) is 11.6. The van der Waals surface area contributed by atoms with Gasteiger partial charge in [-0.1, -0.05) is 24.3 Å². The molecule has 4 nitrogen and oxygen atoms in total. The summed E-state index contributed by atoms with van der Waals surface area (Å²) in [6.45, 7) is 1.23. The van der Waals surface area contributed by atoms with Gasteiger partial charge >= 0.3 is 0 Å². The Morgan fingerprint density at radius 1 is 1.27 bits per heavy atom. The topological polar surface area (TPSA) is 58.2 Å². The fraction of sp³-hybridized carbons (Fsp3) is 0.286. The maximum Gasteiger partial charge on any atom is 0.250 e. The molecule has 0 radical (unpaired) electrons. The van der Waals surface area contributed by atoms with Crippen LogP contribution < -0.4 is 10.0 Å². The first-order chi connectivity index (χ1) is 10.1. The number of hydrogen-bond acceptors (Lipinski definition) is 4. The number of halogens is 2. The summed E-state index contributed by atoms with van der Waals surface area (Å²) < 4.78 is 28.3. The van der Waals surface area contributed by atoms with Crippen LogP contribution in [0.15, 0.2) is 44.4 Å². The Morgan fingerprint density at radius 3 is 2.77 bits per heavy atom. The van der Waals surface area contributed by atoms with Gasteiger partial charge in [-0.05, 0) is 52.2 Å². The Labute approximate surface area is 148 Å². The molecule has 0 aliphatic carbocycles. The number of sulfonamides is 1. The molecular weight excluding hydrogens is 408 g/mol. The van der Waals surface area contributed by atoms with Crippen LogP contribution in [0, 0.1) is 0 Å². The zero-order chi connectivity index (χ0) is 14.9. The summed E-state index contributed by atoms with van der Waals surface area (Å²) in [5.41, 5.74) is 2.47. The molecule has 0 bridgehead atoms. The molecule has 0 saturated heterocycles. The Hall–Kier alpha value is -0.440. The van der Waals surface area contributed by atoms with Crippen molar-refractivity contribution in [1.29, 1.82) is 0 Å². The van der Waals surface area contributed by atoms with Gasteiger partial charge in [-0.25, -0.2) is 13.1 Å². The lowest BCUT2D eigenvalue weighted by molar-refractivity contribution is 0.492. The number of fused-ring (bicyclic) bond motifs is 1. The largest absolute Gasteiger partial charge is 0.308 e. The predicted molar refractivity (Wildman–Crippen MR) is 95.3 cm³/mol. The van der Waals surface area contributed by atoms with Crippen LogP contribution in [0.2, 0.25) is 0 Å². The van der Waals surface area contributed by atoms with Gasteiger partial charge < -0.3 is 5.32 Å². The van der Waals surface area contributed by atoms with Gasteiger partial charge in [0.15, 0.2) is 0 Å². The molecule has 0 amide bonds. The van der Waals surface area contributed by atoms with Gasteiger partial charge in [-0.3, -0.25) is 0 Å². The van der Waals surface area contributed by atoms with Gasteiger partial charge in [-0.15, -0.1) is 23.7 Å². The lowest BCUT2D eigenvalue weighted by Crippen LogP contribution is -2.38. The van der Waals surface area contributed by atoms with Crippen LogP contribution in [0.25, 0.3) is 0 Å². The SMILES string of the molecule is Cl.O=S(=O)(NCC1NCCc2ccccc21)c1ccc(Br)s1. The summed E-state index contributed by atoms with van der Waals surface area (Å²) in [6.07, 6.45) is 0.983. The second-order valence-electron chi connectivity index (χ2n) is 4.87. The minimum absolute atomic E-state index is 0. The highest BCUT2D eigenvalue weighted by atomic mass is 79.9. The molecule has 1 unspecified atom stereocenters. The highest BCUT2D eigenvalue weighted by Gasteiger charge is 2.22. The van der Waals surface area contributed by atoms with Crippen molar-refractivity contribution in [2.45, 2.75) is 16.7 Å². The molecule has 1 atom stereocenters. The zero-order valence-electron chi connectivity index (χ0n) is 11.6. The van der Waals surface area contributed by atoms with Crippen molar-refractivity contribution in [3.8, 4) is 0 Å². The molecule has 2 heterocycles. The van der Waals surface area contributed by atoms with Crippen molar-refractivity contribution < 1.29 is 8.42 Å². The minimum Gasteiger partial charge on any atom is -0.308 e. The summed E-state index contributed by atoms with van der Waals surface area (Å²) in [5.74, 6) is 0. The van der Waals surface area contributed by atoms with Gasteiger partial charge in [-0.2, -0.15) is 0 Å². The van der Waals surface area contributed by atoms with E-state index in [1.807, 2.05) is 12.1 Å². The van der Waals surface area contributed by atoms with Crippen LogP contribution in [0.1, 0.15) is 17.2 Å². The quantitative estimate of drug-likeness (QED) is 0.794. The van der Waals surface area contributed by atoms with E-state index in [0.29, 0.717) is 10.8 Å². The normalized spacial score (nSPS) is 17.6. The molecule has 2 aromatic rings. The summed E-state index contributed by atoms with van der Waals surface area (Å²) in [7, 11) is -3.44. The van der Waals surface area contributed by atoms with E-state index >= 15 is 0 Å². The molecule has 1 aromatic heterocycles. The second-order valence-corrected chi connectivity index (χ2v) is 9.32. The Bertz CT molecular complexity index is 749. The first kappa shape index (κ1) is 17.9. The molecular formula is C14H16BrClN2O2S2. The maximum atomic E-state index is 12.3. The van der Waals surface area contributed by atoms with Crippen LogP contribution >= 0.6 is 39.7 Å². The highest BCUT2D eigenvalue weighted by molar-refractivity contribution is 9.11. The van der Waals surface area contributed by atoms with Crippen LogP contribution in [-0.2, 0) is 16.4 Å². The summed E-state index contributed by atoms with van der Waals surface area (Å²) in [4.78, 5) is 0. The Balaban J connectivity index is 0.00000176. The fourth-order valence-corrected chi connectivity index (χ4v) is 5.58. The number of nitrogens with one attached hydrogen (secondary N) is 2. The van der Waals surface area contributed by atoms with E-state index in [4.69, 9.17) is 0 Å². The van der Waals surface area contributed by atoms with Crippen molar-refractivity contribution in [3.63, 3.8) is 0 Å². The molecule has 0 fully saturated rings. The molecule has 0 spiro atoms. The predicted octanol–water partition coefficient (Wildman–Crippen LogP) is 3.10. The third-order valence-corrected chi connectivity index (χ3v) is 7.05. The molecule has 1 aliphatic rings. The van der Waals surface area contributed by atoms with Gasteiger partial charge in [0, 0.05) is 12.6 Å². The molecule has 3 rings (SSSR count). The zero-order valence-corrected chi connectivity index (χ0v) is 15.6. The Morgan fingerprint density at radius 2 is 2.05 bits per heavy atom. The molecule has 2 N–H and O–H groups in total. The van der Waals surface area contributed by atoms with Crippen molar-refractivity contribution in [2.75, 3.05) is 13.1 Å². The highest BCUT2D eigenvalue weighted by Crippen LogP contribution is 2.27. The first-order valence-corrected chi connectivity index (χ1v) is 9.72. The standard InChI is InChI=1S/C14H15BrN2O2S2.ClH/c15-13-5-6-14(20-13)21(18,19)17-9-12-11-4-2-1-3-10(11)7-8-16-12;/h1-6,12,16-17H,7-9H2;1H. The lowest BCUT2D eigenvalue weighted by Gasteiger charge is -2.27. The number of benzene rings is 1. The van der Waals surface area contributed by atoms with E-state index in [-0.39, 0.29) is 18.4 Å². The van der Waals surface area contributed by atoms with E-state index in [1.54, 1.807) is 12.1 Å². The van der Waals surface area contributed by atoms with Crippen molar-refractivity contribution >= 4 is 49.7 Å². The van der Waals surface area contributed by atoms with Gasteiger partial charge in [0.2, 0.25) is 10.0 Å². The van der Waals surface area contributed by atoms with Crippen molar-refractivity contribution in [2.24, 2.45) is 0 Å². The average molecular weight is 424 g/mol. The number of hydrogen-bond donors (Lipinski definition) is 2. The van der Waals surface area contributed by atoms with Gasteiger partial charge in [0.05, 0.1) is 3.79 Å². The molecule has 8 heteroatoms. The summed E-state index contributed by atoms with van der Waals surface area (Å²) in [5, 5.41) is 3.37. The van der Waals surface area contributed by atoms with E-state index < -0.39 is 10.0 Å².